The van der Waals surface area contributed by atoms with Crippen molar-refractivity contribution in [3.05, 3.63) is 66.0 Å². The molecule has 0 radical (unpaired) electrons. The summed E-state index contributed by atoms with van der Waals surface area (Å²) in [4.78, 5) is 28.7. The lowest BCUT2D eigenvalue weighted by molar-refractivity contribution is -0.157. The zero-order chi connectivity index (χ0) is 34.1. The molecule has 1 saturated heterocycles. The highest BCUT2D eigenvalue weighted by molar-refractivity contribution is 5.70. The van der Waals surface area contributed by atoms with Gasteiger partial charge in [-0.2, -0.15) is 0 Å². The highest BCUT2D eigenvalue weighted by atomic mass is 16.6. The summed E-state index contributed by atoms with van der Waals surface area (Å²) in [7, 11) is 0. The molecule has 1 aromatic heterocycles. The third kappa shape index (κ3) is 11.1. The number of ether oxygens (including phenoxy) is 3. The Morgan fingerprint density at radius 1 is 1.26 bits per heavy atom. The molecule has 256 valence electrons. The number of carbonyl (C=O) groups is 2. The summed E-state index contributed by atoms with van der Waals surface area (Å²) in [6.07, 6.45) is 11.5. The fourth-order valence-electron chi connectivity index (χ4n) is 6.09. The molecule has 3 heterocycles. The molecule has 0 saturated carbocycles. The van der Waals surface area contributed by atoms with Crippen molar-refractivity contribution in [2.75, 3.05) is 0 Å². The first-order valence-electron chi connectivity index (χ1n) is 16.5. The van der Waals surface area contributed by atoms with Crippen LogP contribution < -0.4 is 5.32 Å². The SMILES string of the molecule is CCC[C@@H](C)[C@H]1O[C@@H]1C(NCc1ccncc1)C(C)(O)/C=C/C=C(\C)C1OC(=O)C[C@H](O)CC[C@@](C)(O)[C@@H](OC(C)=O)/C=C/[C@@H]1C. The molecular weight excluding hydrogens is 588 g/mol. The van der Waals surface area contributed by atoms with Gasteiger partial charge in [-0.3, -0.25) is 14.6 Å². The second kappa shape index (κ2) is 16.8. The van der Waals surface area contributed by atoms with Crippen molar-refractivity contribution in [2.45, 2.75) is 135 Å². The lowest BCUT2D eigenvalue weighted by Crippen LogP contribution is -2.51. The topological polar surface area (TPSA) is 151 Å². The van der Waals surface area contributed by atoms with Crippen molar-refractivity contribution in [1.29, 1.82) is 0 Å². The van der Waals surface area contributed by atoms with E-state index in [1.807, 2.05) is 26.0 Å². The van der Waals surface area contributed by atoms with Crippen LogP contribution in [0.1, 0.15) is 86.1 Å². The predicted molar refractivity (Wildman–Crippen MR) is 175 cm³/mol. The molecule has 2 aliphatic rings. The lowest BCUT2D eigenvalue weighted by atomic mass is 9.87. The van der Waals surface area contributed by atoms with Crippen LogP contribution >= 0.6 is 0 Å². The molecule has 0 aliphatic carbocycles. The highest BCUT2D eigenvalue weighted by Gasteiger charge is 2.52. The van der Waals surface area contributed by atoms with Gasteiger partial charge in [-0.15, -0.1) is 0 Å². The number of carbonyl (C=O) groups excluding carboxylic acids is 2. The number of aliphatic hydroxyl groups excluding tert-OH is 1. The van der Waals surface area contributed by atoms with Crippen LogP contribution in [0, 0.1) is 11.8 Å². The molecular formula is C36H54N2O8. The summed E-state index contributed by atoms with van der Waals surface area (Å²) in [6.45, 7) is 13.1. The van der Waals surface area contributed by atoms with Crippen molar-refractivity contribution >= 4 is 11.9 Å². The Kier molecular flexibility index (Phi) is 13.7. The van der Waals surface area contributed by atoms with E-state index in [2.05, 4.69) is 24.1 Å². The number of hydrogen-bond donors (Lipinski definition) is 4. The molecule has 0 spiro atoms. The average molecular weight is 643 g/mol. The average Bonchev–Trinajstić information content (AvgIpc) is 3.77. The summed E-state index contributed by atoms with van der Waals surface area (Å²) in [5.74, 6) is -1.09. The summed E-state index contributed by atoms with van der Waals surface area (Å²) in [5, 5.41) is 36.8. The fraction of sp³-hybridized carbons (Fsp3) is 0.639. The Balaban J connectivity index is 1.84. The van der Waals surface area contributed by atoms with E-state index in [-0.39, 0.29) is 43.4 Å². The summed E-state index contributed by atoms with van der Waals surface area (Å²) in [6, 6.07) is 3.48. The van der Waals surface area contributed by atoms with Crippen molar-refractivity contribution < 1.29 is 39.1 Å². The number of aromatic nitrogens is 1. The molecule has 46 heavy (non-hydrogen) atoms. The minimum atomic E-state index is -1.44. The van der Waals surface area contributed by atoms with Gasteiger partial charge in [0.1, 0.15) is 23.9 Å². The number of aliphatic hydroxyl groups is 3. The summed E-state index contributed by atoms with van der Waals surface area (Å²) >= 11 is 0. The molecule has 0 amide bonds. The van der Waals surface area contributed by atoms with Gasteiger partial charge in [-0.25, -0.2) is 0 Å². The maximum Gasteiger partial charge on any atom is 0.309 e. The Labute approximate surface area is 273 Å². The molecule has 3 unspecified atom stereocenters. The third-order valence-electron chi connectivity index (χ3n) is 8.96. The maximum atomic E-state index is 12.8. The predicted octanol–water partition coefficient (Wildman–Crippen LogP) is 4.33. The number of nitrogens with zero attached hydrogens (tertiary/aromatic N) is 1. The van der Waals surface area contributed by atoms with Crippen LogP contribution in [0.15, 0.2) is 60.5 Å². The molecule has 10 heteroatoms. The van der Waals surface area contributed by atoms with Crippen LogP contribution in [-0.2, 0) is 30.3 Å². The molecule has 0 bridgehead atoms. The van der Waals surface area contributed by atoms with Gasteiger partial charge < -0.3 is 34.8 Å². The van der Waals surface area contributed by atoms with Gasteiger partial charge in [-0.05, 0) is 75.3 Å². The van der Waals surface area contributed by atoms with E-state index >= 15 is 0 Å². The Bertz CT molecular complexity index is 1230. The van der Waals surface area contributed by atoms with E-state index in [0.717, 1.165) is 18.4 Å². The van der Waals surface area contributed by atoms with Crippen LogP contribution in [0.2, 0.25) is 0 Å². The van der Waals surface area contributed by atoms with Crippen molar-refractivity contribution in [3.63, 3.8) is 0 Å². The molecule has 4 N–H and O–H groups in total. The van der Waals surface area contributed by atoms with Gasteiger partial charge in [0.15, 0.2) is 0 Å². The standard InChI is InChI=1S/C36H54N2O8/c1-8-10-23(2)32-33(46-32)34(38-22-27-15-19-37-20-16-27)36(7,43)17-9-11-24(3)31-25(4)12-13-29(44-26(5)39)35(6,42)18-14-28(40)21-30(41)45-31/h9,11-13,15-17,19-20,23,25,28-29,31-34,38,40,42-43H,8,10,14,18,21-22H2,1-7H3/b13-12+,17-9+,24-11+/t23-,25+,28-,29+,31?,32-,33+,34?,35-,36?/m1/s1. The first-order valence-corrected chi connectivity index (χ1v) is 16.5. The van der Waals surface area contributed by atoms with Crippen LogP contribution in [0.5, 0.6) is 0 Å². The second-order valence-electron chi connectivity index (χ2n) is 13.5. The fourth-order valence-corrected chi connectivity index (χ4v) is 6.09. The number of pyridine rings is 1. The Hall–Kier alpha value is -2.89. The zero-order valence-electron chi connectivity index (χ0n) is 28.4. The molecule has 3 rings (SSSR count). The van der Waals surface area contributed by atoms with Crippen molar-refractivity contribution in [2.24, 2.45) is 11.8 Å². The molecule has 0 aromatic carbocycles. The van der Waals surface area contributed by atoms with E-state index in [9.17, 15) is 24.9 Å². The van der Waals surface area contributed by atoms with E-state index < -0.39 is 41.5 Å². The minimum Gasteiger partial charge on any atom is -0.457 e. The third-order valence-corrected chi connectivity index (χ3v) is 8.96. The smallest absolute Gasteiger partial charge is 0.309 e. The van der Waals surface area contributed by atoms with E-state index in [1.54, 1.807) is 56.6 Å². The number of cyclic esters (lactones) is 1. The largest absolute Gasteiger partial charge is 0.457 e. The van der Waals surface area contributed by atoms with E-state index in [1.165, 1.54) is 6.92 Å². The van der Waals surface area contributed by atoms with Gasteiger partial charge >= 0.3 is 11.9 Å². The first kappa shape index (κ1) is 37.6. The van der Waals surface area contributed by atoms with Gasteiger partial charge in [-0.1, -0.05) is 51.5 Å². The van der Waals surface area contributed by atoms with Crippen LogP contribution in [0.4, 0.5) is 0 Å². The van der Waals surface area contributed by atoms with E-state index in [0.29, 0.717) is 18.0 Å². The molecule has 10 atom stereocenters. The molecule has 10 nitrogen and oxygen atoms in total. The number of allylic oxidation sites excluding steroid dienone is 2. The highest BCUT2D eigenvalue weighted by Crippen LogP contribution is 2.38. The lowest BCUT2D eigenvalue weighted by Gasteiger charge is -2.32. The zero-order valence-corrected chi connectivity index (χ0v) is 28.4. The van der Waals surface area contributed by atoms with Gasteiger partial charge in [0.05, 0.1) is 30.3 Å². The summed E-state index contributed by atoms with van der Waals surface area (Å²) in [5.41, 5.74) is -0.973. The Morgan fingerprint density at radius 3 is 2.61 bits per heavy atom. The van der Waals surface area contributed by atoms with Gasteiger partial charge in [0.25, 0.3) is 0 Å². The quantitative estimate of drug-likeness (QED) is 0.112. The Morgan fingerprint density at radius 2 is 1.96 bits per heavy atom. The molecule has 1 fully saturated rings. The first-order chi connectivity index (χ1) is 21.6. The monoisotopic (exact) mass is 642 g/mol. The summed E-state index contributed by atoms with van der Waals surface area (Å²) < 4.78 is 17.4. The minimum absolute atomic E-state index is 0.0576. The second-order valence-corrected chi connectivity index (χ2v) is 13.5. The van der Waals surface area contributed by atoms with Crippen LogP contribution in [0.25, 0.3) is 0 Å². The van der Waals surface area contributed by atoms with Gasteiger partial charge in [0, 0.05) is 31.8 Å². The number of rotatable bonds is 12. The maximum absolute atomic E-state index is 12.8. The van der Waals surface area contributed by atoms with Crippen molar-refractivity contribution in [1.82, 2.24) is 10.3 Å². The normalized spacial score (nSPS) is 32.7. The van der Waals surface area contributed by atoms with Crippen molar-refractivity contribution in [3.8, 4) is 0 Å². The number of esters is 2. The van der Waals surface area contributed by atoms with Crippen LogP contribution in [-0.4, -0.2) is 80.0 Å². The van der Waals surface area contributed by atoms with E-state index in [4.69, 9.17) is 14.2 Å². The number of hydrogen-bond acceptors (Lipinski definition) is 10. The number of epoxide rings is 1. The molecule has 1 aromatic rings. The van der Waals surface area contributed by atoms with Gasteiger partial charge in [0.2, 0.25) is 0 Å². The van der Waals surface area contributed by atoms with Crippen LogP contribution in [0.3, 0.4) is 0 Å². The molecule has 2 aliphatic heterocycles. The number of nitrogens with one attached hydrogen (secondary N) is 1.